The van der Waals surface area contributed by atoms with Crippen molar-refractivity contribution in [3.05, 3.63) is 4.91 Å². The lowest BCUT2D eigenvalue weighted by atomic mass is 10.7. The highest BCUT2D eigenvalue weighted by Gasteiger charge is 2.06. The molecular weight excluding hydrogens is 142 g/mol. The summed E-state index contributed by atoms with van der Waals surface area (Å²) in [6.45, 7) is 0. The van der Waals surface area contributed by atoms with E-state index >= 15 is 0 Å². The molecule has 0 aromatic rings. The average molecular weight is 143 g/mol. The first kappa shape index (κ1) is 5.69. The number of aliphatic imine (C=N–C) groups is 1. The molecule has 2 nitrogen and oxygen atoms in total. The van der Waals surface area contributed by atoms with Gasteiger partial charge in [-0.25, -0.2) is 9.79 Å². The van der Waals surface area contributed by atoms with E-state index in [1.807, 2.05) is 0 Å². The van der Waals surface area contributed by atoms with E-state index in [9.17, 15) is 4.79 Å². The smallest absolute Gasteiger partial charge is 0.165 e. The normalized spacial score (nSPS) is 17.0. The lowest BCUT2D eigenvalue weighted by Gasteiger charge is -1.76. The van der Waals surface area contributed by atoms with E-state index in [0.29, 0.717) is 9.23 Å². The third-order valence-corrected chi connectivity index (χ3v) is 1.63. The van der Waals surface area contributed by atoms with Gasteiger partial charge in [0.1, 0.15) is 10.8 Å². The standard InChI is InChI=1S/C4HNOS2/c6-2-3-1-5-4(7)8-3/h1H. The molecule has 0 saturated heterocycles. The summed E-state index contributed by atoms with van der Waals surface area (Å²) in [6.07, 6.45) is 1.42. The molecule has 0 bridgehead atoms. The fourth-order valence-electron chi connectivity index (χ4n) is 0.305. The molecule has 0 saturated carbocycles. The molecule has 0 aromatic heterocycles. The molecule has 1 aliphatic heterocycles. The number of nitrogens with zero attached hydrogens (tertiary/aromatic N) is 1. The molecule has 4 heteroatoms. The van der Waals surface area contributed by atoms with Crippen LogP contribution in [0.5, 0.6) is 0 Å². The van der Waals surface area contributed by atoms with Crippen molar-refractivity contribution < 1.29 is 4.79 Å². The number of thiocarbonyl (C=S) groups is 1. The summed E-state index contributed by atoms with van der Waals surface area (Å²) in [7, 11) is 0. The molecule has 8 heavy (non-hydrogen) atoms. The first-order valence-electron chi connectivity index (χ1n) is 1.84. The summed E-state index contributed by atoms with van der Waals surface area (Å²) in [6, 6.07) is 0. The Morgan fingerprint density at radius 2 is 2.62 bits per heavy atom. The van der Waals surface area contributed by atoms with Crippen LogP contribution in [-0.4, -0.2) is 16.5 Å². The Bertz CT molecular complexity index is 202. The summed E-state index contributed by atoms with van der Waals surface area (Å²) in [5, 5.41) is 0. The molecule has 0 amide bonds. The number of hydrogen-bond acceptors (Lipinski definition) is 3. The fourth-order valence-corrected chi connectivity index (χ4v) is 1.07. The van der Waals surface area contributed by atoms with E-state index < -0.39 is 0 Å². The van der Waals surface area contributed by atoms with Crippen molar-refractivity contribution in [2.45, 2.75) is 0 Å². The lowest BCUT2D eigenvalue weighted by molar-refractivity contribution is 0.569. The van der Waals surface area contributed by atoms with Crippen molar-refractivity contribution >= 4 is 40.5 Å². The van der Waals surface area contributed by atoms with Crippen LogP contribution in [0.4, 0.5) is 0 Å². The van der Waals surface area contributed by atoms with E-state index in [0.717, 1.165) is 0 Å². The average Bonchev–Trinajstić information content (AvgIpc) is 2.14. The molecule has 0 fully saturated rings. The van der Waals surface area contributed by atoms with Gasteiger partial charge in [-0.1, -0.05) is 12.2 Å². The third kappa shape index (κ3) is 1.04. The van der Waals surface area contributed by atoms with Crippen molar-refractivity contribution in [3.8, 4) is 0 Å². The van der Waals surface area contributed by atoms with Crippen LogP contribution in [0.25, 0.3) is 0 Å². The minimum absolute atomic E-state index is 0.468. The zero-order chi connectivity index (χ0) is 5.98. The van der Waals surface area contributed by atoms with Gasteiger partial charge in [0.15, 0.2) is 4.32 Å². The van der Waals surface area contributed by atoms with Crippen LogP contribution >= 0.6 is 24.0 Å². The molecule has 1 rings (SSSR count). The van der Waals surface area contributed by atoms with Gasteiger partial charge in [0, 0.05) is 0 Å². The number of thioether (sulfide) groups is 1. The highest BCUT2D eigenvalue weighted by atomic mass is 32.2. The number of hydrogen-bond donors (Lipinski definition) is 0. The minimum atomic E-state index is 0.468. The Morgan fingerprint density at radius 1 is 1.88 bits per heavy atom. The highest BCUT2D eigenvalue weighted by molar-refractivity contribution is 8.26. The molecule has 0 N–H and O–H groups in total. The summed E-state index contributed by atoms with van der Waals surface area (Å²) in [5.74, 6) is 1.69. The van der Waals surface area contributed by atoms with E-state index in [2.05, 4.69) is 17.2 Å². The maximum atomic E-state index is 9.82. The van der Waals surface area contributed by atoms with Crippen molar-refractivity contribution in [3.63, 3.8) is 0 Å². The van der Waals surface area contributed by atoms with Gasteiger partial charge in [0.25, 0.3) is 0 Å². The van der Waals surface area contributed by atoms with Gasteiger partial charge in [-0.3, -0.25) is 0 Å². The maximum absolute atomic E-state index is 9.82. The van der Waals surface area contributed by atoms with Crippen LogP contribution in [0.15, 0.2) is 9.90 Å². The number of rotatable bonds is 0. The summed E-state index contributed by atoms with van der Waals surface area (Å²) in [5.41, 5.74) is 0. The predicted octanol–water partition coefficient (Wildman–Crippen LogP) is 0.804. The summed E-state index contributed by atoms with van der Waals surface area (Å²) >= 11 is 5.80. The molecule has 40 valence electrons. The van der Waals surface area contributed by atoms with Crippen LogP contribution in [0, 0.1) is 0 Å². The van der Waals surface area contributed by atoms with Crippen molar-refractivity contribution in [2.75, 3.05) is 0 Å². The van der Waals surface area contributed by atoms with Gasteiger partial charge < -0.3 is 0 Å². The minimum Gasteiger partial charge on any atom is -0.236 e. The van der Waals surface area contributed by atoms with Crippen LogP contribution in [0.3, 0.4) is 0 Å². The second-order valence-corrected chi connectivity index (χ2v) is 2.77. The first-order chi connectivity index (χ1) is 3.83. The summed E-state index contributed by atoms with van der Waals surface area (Å²) in [4.78, 5) is 13.9. The van der Waals surface area contributed by atoms with Crippen molar-refractivity contribution in [1.82, 2.24) is 0 Å². The van der Waals surface area contributed by atoms with Gasteiger partial charge in [-0.2, -0.15) is 0 Å². The van der Waals surface area contributed by atoms with Crippen LogP contribution < -0.4 is 0 Å². The summed E-state index contributed by atoms with van der Waals surface area (Å²) < 4.78 is 0.489. The Morgan fingerprint density at radius 3 is 2.88 bits per heavy atom. The van der Waals surface area contributed by atoms with Crippen LogP contribution in [-0.2, 0) is 4.79 Å². The Kier molecular flexibility index (Phi) is 1.58. The van der Waals surface area contributed by atoms with Gasteiger partial charge in [-0.15, -0.1) is 0 Å². The van der Waals surface area contributed by atoms with Gasteiger partial charge in [0.05, 0.1) is 6.21 Å². The maximum Gasteiger partial charge on any atom is 0.165 e. The van der Waals surface area contributed by atoms with Crippen molar-refractivity contribution in [2.24, 2.45) is 4.99 Å². The molecule has 1 aliphatic rings. The monoisotopic (exact) mass is 143 g/mol. The molecule has 0 aliphatic carbocycles. The number of allylic oxidation sites excluding steroid dienone is 1. The first-order valence-corrected chi connectivity index (χ1v) is 3.06. The van der Waals surface area contributed by atoms with Gasteiger partial charge in [0.2, 0.25) is 0 Å². The Balaban J connectivity index is 2.88. The zero-order valence-corrected chi connectivity index (χ0v) is 5.38. The van der Waals surface area contributed by atoms with Crippen LogP contribution in [0.2, 0.25) is 0 Å². The molecular formula is C4HNOS2. The van der Waals surface area contributed by atoms with E-state index in [1.54, 1.807) is 5.94 Å². The largest absolute Gasteiger partial charge is 0.236 e. The lowest BCUT2D eigenvalue weighted by Crippen LogP contribution is -1.69. The highest BCUT2D eigenvalue weighted by Crippen LogP contribution is 2.19. The van der Waals surface area contributed by atoms with E-state index in [-0.39, 0.29) is 0 Å². The molecule has 0 aromatic carbocycles. The number of carbonyl (C=O) groups excluding carboxylic acids is 1. The van der Waals surface area contributed by atoms with Gasteiger partial charge >= 0.3 is 0 Å². The van der Waals surface area contributed by atoms with E-state index in [1.165, 1.54) is 18.0 Å². The quantitative estimate of drug-likeness (QED) is 0.371. The predicted molar refractivity (Wildman–Crippen MR) is 37.9 cm³/mol. The van der Waals surface area contributed by atoms with E-state index in [4.69, 9.17) is 0 Å². The van der Waals surface area contributed by atoms with Crippen molar-refractivity contribution in [1.29, 1.82) is 0 Å². The van der Waals surface area contributed by atoms with Gasteiger partial charge in [-0.05, 0) is 11.8 Å². The Labute approximate surface area is 55.7 Å². The molecule has 0 radical (unpaired) electrons. The fraction of sp³-hybridized carbons (Fsp3) is 0. The molecule has 1 heterocycles. The second-order valence-electron chi connectivity index (χ2n) is 1.09. The molecule has 0 atom stereocenters. The zero-order valence-electron chi connectivity index (χ0n) is 3.75. The topological polar surface area (TPSA) is 29.4 Å². The molecule has 0 unspecified atom stereocenters. The second kappa shape index (κ2) is 2.22. The third-order valence-electron chi connectivity index (χ3n) is 0.585. The molecule has 0 spiro atoms. The Hall–Kier alpha value is -0.440. The van der Waals surface area contributed by atoms with Crippen LogP contribution in [0.1, 0.15) is 0 Å². The SMILES string of the molecule is O=C=C1C=NC(=S)S1.